The third kappa shape index (κ3) is 2.09. The largest absolute Gasteiger partial charge is 0.390 e. The van der Waals surface area contributed by atoms with E-state index in [0.717, 1.165) is 12.8 Å². The Morgan fingerprint density at radius 1 is 1.00 bits per heavy atom. The van der Waals surface area contributed by atoms with E-state index in [-0.39, 0.29) is 34.9 Å². The van der Waals surface area contributed by atoms with Gasteiger partial charge in [-0.05, 0) is 68.1 Å². The van der Waals surface area contributed by atoms with Gasteiger partial charge in [-0.25, -0.2) is 0 Å². The molecule has 3 saturated carbocycles. The predicted octanol–water partition coefficient (Wildman–Crippen LogP) is 1.43. The highest BCUT2D eigenvalue weighted by molar-refractivity contribution is 5.86. The molecule has 0 aromatic carbocycles. The molecule has 3 fully saturated rings. The van der Waals surface area contributed by atoms with Gasteiger partial charge in [-0.2, -0.15) is 0 Å². The van der Waals surface area contributed by atoms with E-state index >= 15 is 0 Å². The number of allylic oxidation sites excluding steroid dienone is 1. The van der Waals surface area contributed by atoms with Crippen molar-refractivity contribution in [1.82, 2.24) is 0 Å². The molecule has 0 spiro atoms. The maximum absolute atomic E-state index is 12.3. The molecule has 0 aromatic heterocycles. The van der Waals surface area contributed by atoms with E-state index in [2.05, 4.69) is 6.92 Å². The van der Waals surface area contributed by atoms with Crippen LogP contribution >= 0.6 is 0 Å². The van der Waals surface area contributed by atoms with Gasteiger partial charge >= 0.3 is 0 Å². The summed E-state index contributed by atoms with van der Waals surface area (Å²) in [5.41, 5.74) is -2.16. The summed E-state index contributed by atoms with van der Waals surface area (Å²) < 4.78 is 0. The molecule has 5 nitrogen and oxygen atoms in total. The molecule has 26 heavy (non-hydrogen) atoms. The van der Waals surface area contributed by atoms with Gasteiger partial charge in [0, 0.05) is 5.41 Å². The van der Waals surface area contributed by atoms with E-state index in [0.29, 0.717) is 19.3 Å². The molecule has 4 N–H and O–H groups in total. The highest BCUT2D eigenvalue weighted by Gasteiger charge is 2.68. The first kappa shape index (κ1) is 18.6. The molecule has 1 unspecified atom stereocenters. The summed E-state index contributed by atoms with van der Waals surface area (Å²) in [6, 6.07) is 0. The predicted molar refractivity (Wildman–Crippen MR) is 96.1 cm³/mol. The minimum absolute atomic E-state index is 0.0119. The molecular weight excluding hydrogens is 332 g/mol. The van der Waals surface area contributed by atoms with E-state index in [9.17, 15) is 25.2 Å². The van der Waals surface area contributed by atoms with Crippen molar-refractivity contribution in [1.29, 1.82) is 0 Å². The maximum atomic E-state index is 12.3. The molecule has 4 aliphatic rings. The highest BCUT2D eigenvalue weighted by Crippen LogP contribution is 2.67. The van der Waals surface area contributed by atoms with Crippen LogP contribution in [0, 0.1) is 34.5 Å². The molecule has 5 heteroatoms. The van der Waals surface area contributed by atoms with Crippen LogP contribution in [-0.2, 0) is 4.79 Å². The third-order valence-corrected chi connectivity index (χ3v) is 8.99. The molecule has 146 valence electrons. The topological polar surface area (TPSA) is 98.0 Å². The van der Waals surface area contributed by atoms with Crippen molar-refractivity contribution in [3.05, 3.63) is 12.2 Å². The Bertz CT molecular complexity index is 646. The van der Waals surface area contributed by atoms with Crippen molar-refractivity contribution < 1.29 is 25.2 Å². The smallest absolute Gasteiger partial charge is 0.161 e. The standard InChI is InChI=1S/C21H32O5/c1-11(22)21(26)9-6-14-16-13(5-8-20(14,21)3)19(2)7-4-12(23)10-15(19)17(24)18(16)25/h4,7,12-18,23-26H,5-6,8-10H2,1-3H3/t12-,13-,14-,15?,16+,17+,18-,19+,20-,21-/m0/s1. The second kappa shape index (κ2) is 5.63. The van der Waals surface area contributed by atoms with Crippen LogP contribution in [0.4, 0.5) is 0 Å². The zero-order valence-corrected chi connectivity index (χ0v) is 15.9. The Morgan fingerprint density at radius 3 is 2.31 bits per heavy atom. The van der Waals surface area contributed by atoms with Gasteiger partial charge in [0.25, 0.3) is 0 Å². The zero-order valence-electron chi connectivity index (χ0n) is 15.9. The molecule has 0 heterocycles. The van der Waals surface area contributed by atoms with Crippen LogP contribution in [0.3, 0.4) is 0 Å². The number of hydrogen-bond donors (Lipinski definition) is 4. The fourth-order valence-corrected chi connectivity index (χ4v) is 7.40. The highest BCUT2D eigenvalue weighted by atomic mass is 16.3. The molecule has 0 amide bonds. The number of ketones is 1. The summed E-state index contributed by atoms with van der Waals surface area (Å²) in [4.78, 5) is 12.3. The Hall–Kier alpha value is -0.750. The van der Waals surface area contributed by atoms with E-state index in [1.165, 1.54) is 6.92 Å². The summed E-state index contributed by atoms with van der Waals surface area (Å²) in [6.45, 7) is 5.60. The minimum atomic E-state index is -1.33. The van der Waals surface area contributed by atoms with E-state index in [4.69, 9.17) is 0 Å². The van der Waals surface area contributed by atoms with Crippen molar-refractivity contribution in [2.24, 2.45) is 34.5 Å². The molecular formula is C21H32O5. The van der Waals surface area contributed by atoms with Crippen LogP contribution in [0.1, 0.15) is 52.9 Å². The fourth-order valence-electron chi connectivity index (χ4n) is 7.40. The summed E-state index contributed by atoms with van der Waals surface area (Å²) in [7, 11) is 0. The number of rotatable bonds is 1. The lowest BCUT2D eigenvalue weighted by Gasteiger charge is -2.62. The SMILES string of the molecule is CC(=O)[C@@]1(O)CC[C@H]2[C@@H]3[C@H](O)[C@H](O)C4C[C@@H](O)C=C[C@]4(C)[C@H]3CC[C@@]21C. The number of Topliss-reactive ketones (excluding diaryl/α,β-unsaturated/α-hetero) is 1. The second-order valence-electron chi connectivity index (χ2n) is 9.82. The summed E-state index contributed by atoms with van der Waals surface area (Å²) >= 11 is 0. The van der Waals surface area contributed by atoms with Gasteiger partial charge in [0.05, 0.1) is 18.3 Å². The number of fused-ring (bicyclic) bond motifs is 5. The van der Waals surface area contributed by atoms with Gasteiger partial charge in [0.2, 0.25) is 0 Å². The molecule has 4 rings (SSSR count). The van der Waals surface area contributed by atoms with Gasteiger partial charge in [0.15, 0.2) is 5.78 Å². The van der Waals surface area contributed by atoms with Crippen LogP contribution in [0.15, 0.2) is 12.2 Å². The lowest BCUT2D eigenvalue weighted by molar-refractivity contribution is -0.210. The maximum Gasteiger partial charge on any atom is 0.161 e. The minimum Gasteiger partial charge on any atom is -0.390 e. The first-order valence-corrected chi connectivity index (χ1v) is 10.0. The first-order chi connectivity index (χ1) is 12.1. The lowest BCUT2D eigenvalue weighted by atomic mass is 9.44. The monoisotopic (exact) mass is 364 g/mol. The zero-order chi connectivity index (χ0) is 19.1. The molecule has 0 saturated heterocycles. The molecule has 10 atom stereocenters. The summed E-state index contributed by atoms with van der Waals surface area (Å²) in [5, 5.41) is 43.2. The number of hydrogen-bond acceptors (Lipinski definition) is 5. The number of aliphatic hydroxyl groups excluding tert-OH is 3. The first-order valence-electron chi connectivity index (χ1n) is 10.0. The molecule has 0 radical (unpaired) electrons. The van der Waals surface area contributed by atoms with Gasteiger partial charge in [-0.3, -0.25) is 4.79 Å². The van der Waals surface area contributed by atoms with E-state index in [1.807, 2.05) is 19.1 Å². The van der Waals surface area contributed by atoms with Crippen LogP contribution in [0.5, 0.6) is 0 Å². The van der Waals surface area contributed by atoms with Crippen LogP contribution in [0.25, 0.3) is 0 Å². The van der Waals surface area contributed by atoms with Gasteiger partial charge in [-0.15, -0.1) is 0 Å². The van der Waals surface area contributed by atoms with Gasteiger partial charge in [-0.1, -0.05) is 26.0 Å². The van der Waals surface area contributed by atoms with Crippen LogP contribution in [-0.4, -0.2) is 50.1 Å². The van der Waals surface area contributed by atoms with Gasteiger partial charge < -0.3 is 20.4 Å². The van der Waals surface area contributed by atoms with Crippen molar-refractivity contribution in [3.8, 4) is 0 Å². The molecule has 4 aliphatic carbocycles. The van der Waals surface area contributed by atoms with Crippen LogP contribution in [0.2, 0.25) is 0 Å². The number of carbonyl (C=O) groups is 1. The second-order valence-corrected chi connectivity index (χ2v) is 9.82. The molecule has 0 aromatic rings. The quantitative estimate of drug-likeness (QED) is 0.528. The number of carbonyl (C=O) groups excluding carboxylic acids is 1. The Morgan fingerprint density at radius 2 is 1.65 bits per heavy atom. The molecule has 0 aliphatic heterocycles. The average Bonchev–Trinajstić information content (AvgIpc) is 2.87. The molecule has 0 bridgehead atoms. The Kier molecular flexibility index (Phi) is 4.03. The van der Waals surface area contributed by atoms with E-state index in [1.54, 1.807) is 0 Å². The Balaban J connectivity index is 1.77. The summed E-state index contributed by atoms with van der Waals surface area (Å²) in [6.07, 6.45) is 4.68. The lowest BCUT2D eigenvalue weighted by Crippen LogP contribution is -2.65. The van der Waals surface area contributed by atoms with E-state index < -0.39 is 29.3 Å². The van der Waals surface area contributed by atoms with Crippen LogP contribution < -0.4 is 0 Å². The third-order valence-electron chi connectivity index (χ3n) is 8.99. The van der Waals surface area contributed by atoms with Crippen molar-refractivity contribution in [3.63, 3.8) is 0 Å². The Labute approximate surface area is 155 Å². The average molecular weight is 364 g/mol. The van der Waals surface area contributed by atoms with Crippen molar-refractivity contribution >= 4 is 5.78 Å². The fraction of sp³-hybridized carbons (Fsp3) is 0.857. The summed E-state index contributed by atoms with van der Waals surface area (Å²) in [5.74, 6) is -0.300. The normalized spacial score (nSPS) is 58.7. The van der Waals surface area contributed by atoms with Crippen molar-refractivity contribution in [2.75, 3.05) is 0 Å². The van der Waals surface area contributed by atoms with Gasteiger partial charge in [0.1, 0.15) is 5.60 Å². The van der Waals surface area contributed by atoms with Crippen molar-refractivity contribution in [2.45, 2.75) is 76.8 Å². The number of aliphatic hydroxyl groups is 4.